The minimum absolute atomic E-state index is 0.0135. The van der Waals surface area contributed by atoms with Crippen LogP contribution >= 0.6 is 0 Å². The van der Waals surface area contributed by atoms with E-state index >= 15 is 0 Å². The summed E-state index contributed by atoms with van der Waals surface area (Å²) < 4.78 is 56.8. The monoisotopic (exact) mass is 299 g/mol. The van der Waals surface area contributed by atoms with Gasteiger partial charge in [-0.05, 0) is 24.3 Å². The van der Waals surface area contributed by atoms with E-state index in [0.717, 1.165) is 0 Å². The highest BCUT2D eigenvalue weighted by atomic mass is 19.4. The fourth-order valence-corrected chi connectivity index (χ4v) is 1.87. The molecule has 1 aromatic carbocycles. The van der Waals surface area contributed by atoms with E-state index in [0.29, 0.717) is 24.5 Å². The molecule has 0 atom stereocenters. The molecule has 0 aliphatic carbocycles. The van der Waals surface area contributed by atoms with E-state index in [1.807, 2.05) is 0 Å². The fourth-order valence-electron chi connectivity index (χ4n) is 1.87. The normalized spacial score (nSPS) is 11.3. The number of alkyl halides is 3. The highest BCUT2D eigenvalue weighted by Gasteiger charge is 2.31. The summed E-state index contributed by atoms with van der Waals surface area (Å²) in [6, 6.07) is 3.25. The molecule has 0 fully saturated rings. The molecule has 2 aromatic rings. The van der Waals surface area contributed by atoms with E-state index in [9.17, 15) is 22.4 Å². The van der Waals surface area contributed by atoms with Crippen LogP contribution < -0.4 is 4.74 Å². The Morgan fingerprint density at radius 2 is 1.90 bits per heavy atom. The lowest BCUT2D eigenvalue weighted by molar-refractivity contribution is -0.137. The lowest BCUT2D eigenvalue weighted by Gasteiger charge is -2.12. The summed E-state index contributed by atoms with van der Waals surface area (Å²) in [5, 5.41) is 0. The van der Waals surface area contributed by atoms with E-state index < -0.39 is 17.6 Å². The van der Waals surface area contributed by atoms with Crippen molar-refractivity contribution in [3.05, 3.63) is 47.4 Å². The fraction of sp³-hybridized carbons (Fsp3) is 0.143. The number of pyridine rings is 1. The molecule has 3 nitrogen and oxygen atoms in total. The molecule has 0 aliphatic heterocycles. The van der Waals surface area contributed by atoms with Crippen LogP contribution in [0.4, 0.5) is 17.6 Å². The lowest BCUT2D eigenvalue weighted by Crippen LogP contribution is -2.06. The molecule has 0 saturated heterocycles. The summed E-state index contributed by atoms with van der Waals surface area (Å²) in [6.07, 6.45) is -3.03. The van der Waals surface area contributed by atoms with Crippen molar-refractivity contribution in [2.45, 2.75) is 6.18 Å². The van der Waals surface area contributed by atoms with Gasteiger partial charge in [-0.2, -0.15) is 13.2 Å². The standard InChI is InChI=1S/C14H9F4NO2/c1-21-13-11(7-20)9(4-5-19-13)10-6-8(14(16,17)18)2-3-12(10)15/h2-7H,1H3. The van der Waals surface area contributed by atoms with Gasteiger partial charge in [-0.3, -0.25) is 4.79 Å². The van der Waals surface area contributed by atoms with Crippen LogP contribution in [0.15, 0.2) is 30.5 Å². The third-order valence-corrected chi connectivity index (χ3v) is 2.85. The van der Waals surface area contributed by atoms with E-state index in [2.05, 4.69) is 4.98 Å². The molecule has 0 saturated carbocycles. The van der Waals surface area contributed by atoms with Crippen LogP contribution in [0.2, 0.25) is 0 Å². The molecule has 2 rings (SSSR count). The second-order valence-electron chi connectivity index (χ2n) is 4.09. The summed E-state index contributed by atoms with van der Waals surface area (Å²) >= 11 is 0. The molecule has 0 bridgehead atoms. The highest BCUT2D eigenvalue weighted by Crippen LogP contribution is 2.35. The number of hydrogen-bond donors (Lipinski definition) is 0. The van der Waals surface area contributed by atoms with Gasteiger partial charge in [-0.25, -0.2) is 9.37 Å². The molecule has 110 valence electrons. The first-order valence-corrected chi connectivity index (χ1v) is 5.73. The topological polar surface area (TPSA) is 39.2 Å². The van der Waals surface area contributed by atoms with Crippen molar-refractivity contribution in [3.8, 4) is 17.0 Å². The number of carbonyl (C=O) groups is 1. The van der Waals surface area contributed by atoms with Gasteiger partial charge in [0.05, 0.1) is 18.2 Å². The maximum absolute atomic E-state index is 13.9. The van der Waals surface area contributed by atoms with Gasteiger partial charge in [0.1, 0.15) is 5.82 Å². The molecule has 1 aromatic heterocycles. The van der Waals surface area contributed by atoms with Gasteiger partial charge in [0, 0.05) is 17.3 Å². The van der Waals surface area contributed by atoms with Crippen LogP contribution in [0, 0.1) is 5.82 Å². The number of benzene rings is 1. The summed E-state index contributed by atoms with van der Waals surface area (Å²) in [5.74, 6) is -0.960. The van der Waals surface area contributed by atoms with Crippen molar-refractivity contribution in [2.24, 2.45) is 0 Å². The van der Waals surface area contributed by atoms with Gasteiger partial charge in [0.2, 0.25) is 5.88 Å². The van der Waals surface area contributed by atoms with Crippen molar-refractivity contribution in [1.29, 1.82) is 0 Å². The molecule has 0 radical (unpaired) electrons. The highest BCUT2D eigenvalue weighted by molar-refractivity contribution is 5.90. The smallest absolute Gasteiger partial charge is 0.416 e. The summed E-state index contributed by atoms with van der Waals surface area (Å²) in [6.45, 7) is 0. The minimum atomic E-state index is -4.61. The molecule has 0 spiro atoms. The number of rotatable bonds is 3. The van der Waals surface area contributed by atoms with Crippen molar-refractivity contribution < 1.29 is 27.1 Å². The Bertz CT molecular complexity index is 683. The van der Waals surface area contributed by atoms with Crippen molar-refractivity contribution in [3.63, 3.8) is 0 Å². The summed E-state index contributed by atoms with van der Waals surface area (Å²) in [4.78, 5) is 14.9. The van der Waals surface area contributed by atoms with Crippen molar-refractivity contribution >= 4 is 6.29 Å². The molecule has 7 heteroatoms. The Balaban J connectivity index is 2.70. The molecule has 0 N–H and O–H groups in total. The Morgan fingerprint density at radius 1 is 1.19 bits per heavy atom. The molecular weight excluding hydrogens is 290 g/mol. The number of carbonyl (C=O) groups excluding carboxylic acids is 1. The van der Waals surface area contributed by atoms with E-state index in [-0.39, 0.29) is 22.6 Å². The molecule has 0 unspecified atom stereocenters. The molecule has 0 aliphatic rings. The third kappa shape index (κ3) is 2.86. The van der Waals surface area contributed by atoms with Crippen molar-refractivity contribution in [1.82, 2.24) is 4.98 Å². The van der Waals surface area contributed by atoms with Crippen LogP contribution in [0.1, 0.15) is 15.9 Å². The largest absolute Gasteiger partial charge is 0.480 e. The minimum Gasteiger partial charge on any atom is -0.480 e. The zero-order valence-corrected chi connectivity index (χ0v) is 10.7. The van der Waals surface area contributed by atoms with E-state index in [1.54, 1.807) is 0 Å². The van der Waals surface area contributed by atoms with Gasteiger partial charge in [-0.1, -0.05) is 0 Å². The first-order chi connectivity index (χ1) is 9.88. The molecule has 0 amide bonds. The first-order valence-electron chi connectivity index (χ1n) is 5.73. The predicted octanol–water partition coefficient (Wildman–Crippen LogP) is 3.73. The SMILES string of the molecule is COc1nccc(-c2cc(C(F)(F)F)ccc2F)c1C=O. The lowest BCUT2D eigenvalue weighted by atomic mass is 9.99. The molecule has 21 heavy (non-hydrogen) atoms. The van der Waals surface area contributed by atoms with Gasteiger partial charge in [0.25, 0.3) is 0 Å². The Labute approximate surface area is 117 Å². The summed E-state index contributed by atoms with van der Waals surface area (Å²) in [5.41, 5.74) is -1.47. The average Bonchev–Trinajstić information content (AvgIpc) is 2.45. The third-order valence-electron chi connectivity index (χ3n) is 2.85. The van der Waals surface area contributed by atoms with Crippen molar-refractivity contribution in [2.75, 3.05) is 7.11 Å². The quantitative estimate of drug-likeness (QED) is 0.640. The number of aromatic nitrogens is 1. The van der Waals surface area contributed by atoms with Crippen LogP contribution in [0.25, 0.3) is 11.1 Å². The number of aldehydes is 1. The van der Waals surface area contributed by atoms with E-state index in [1.165, 1.54) is 19.4 Å². The zero-order valence-electron chi connectivity index (χ0n) is 10.7. The maximum atomic E-state index is 13.9. The second-order valence-corrected chi connectivity index (χ2v) is 4.09. The van der Waals surface area contributed by atoms with Crippen LogP contribution in [0.5, 0.6) is 5.88 Å². The number of nitrogens with zero attached hydrogens (tertiary/aromatic N) is 1. The maximum Gasteiger partial charge on any atom is 0.416 e. The Kier molecular flexibility index (Phi) is 3.93. The zero-order chi connectivity index (χ0) is 15.6. The summed E-state index contributed by atoms with van der Waals surface area (Å²) in [7, 11) is 1.25. The molecular formula is C14H9F4NO2. The Hall–Kier alpha value is -2.44. The first kappa shape index (κ1) is 15.0. The predicted molar refractivity (Wildman–Crippen MR) is 66.6 cm³/mol. The second kappa shape index (κ2) is 5.51. The van der Waals surface area contributed by atoms with Gasteiger partial charge < -0.3 is 4.74 Å². The number of hydrogen-bond acceptors (Lipinski definition) is 3. The van der Waals surface area contributed by atoms with Crippen LogP contribution in [0.3, 0.4) is 0 Å². The van der Waals surface area contributed by atoms with Crippen LogP contribution in [-0.2, 0) is 6.18 Å². The van der Waals surface area contributed by atoms with Crippen LogP contribution in [-0.4, -0.2) is 18.4 Å². The van der Waals surface area contributed by atoms with Gasteiger partial charge in [0.15, 0.2) is 6.29 Å². The van der Waals surface area contributed by atoms with E-state index in [4.69, 9.17) is 4.74 Å². The average molecular weight is 299 g/mol. The van der Waals surface area contributed by atoms with Gasteiger partial charge in [-0.15, -0.1) is 0 Å². The number of methoxy groups -OCH3 is 1. The number of halogens is 4. The number of ether oxygens (including phenoxy) is 1. The Morgan fingerprint density at radius 3 is 2.48 bits per heavy atom. The van der Waals surface area contributed by atoms with Gasteiger partial charge >= 0.3 is 6.18 Å². The molecule has 1 heterocycles.